The molecule has 0 amide bonds. The third-order valence-corrected chi connectivity index (χ3v) is 3.12. The summed E-state index contributed by atoms with van der Waals surface area (Å²) in [6.07, 6.45) is 3.49. The van der Waals surface area contributed by atoms with Gasteiger partial charge < -0.3 is 5.32 Å². The summed E-state index contributed by atoms with van der Waals surface area (Å²) >= 11 is 0. The summed E-state index contributed by atoms with van der Waals surface area (Å²) in [7, 11) is 1.78. The van der Waals surface area contributed by atoms with Gasteiger partial charge in [-0.2, -0.15) is 0 Å². The highest BCUT2D eigenvalue weighted by molar-refractivity contribution is 5.37. The van der Waals surface area contributed by atoms with Crippen molar-refractivity contribution in [2.24, 2.45) is 0 Å². The summed E-state index contributed by atoms with van der Waals surface area (Å²) in [6, 6.07) is 3.18. The lowest BCUT2D eigenvalue weighted by atomic mass is 9.98. The first-order valence-corrected chi connectivity index (χ1v) is 6.25. The molecule has 0 spiro atoms. The maximum absolute atomic E-state index is 14.2. The molecule has 1 N–H and O–H groups in total. The number of halogens is 1. The molecule has 0 fully saturated rings. The fourth-order valence-corrected chi connectivity index (χ4v) is 2.25. The highest BCUT2D eigenvalue weighted by atomic mass is 19.1. The lowest BCUT2D eigenvalue weighted by molar-refractivity contribution is 0.558. The van der Waals surface area contributed by atoms with Crippen LogP contribution in [0, 0.1) is 26.6 Å². The van der Waals surface area contributed by atoms with E-state index >= 15 is 0 Å². The van der Waals surface area contributed by atoms with Crippen LogP contribution in [0.15, 0.2) is 24.5 Å². The Morgan fingerprint density at radius 3 is 2.21 bits per heavy atom. The van der Waals surface area contributed by atoms with Gasteiger partial charge >= 0.3 is 0 Å². The lowest BCUT2D eigenvalue weighted by Crippen LogP contribution is -2.22. The van der Waals surface area contributed by atoms with Crippen LogP contribution in [-0.4, -0.2) is 17.0 Å². The van der Waals surface area contributed by atoms with Gasteiger partial charge in [0, 0.05) is 18.0 Å². The quantitative estimate of drug-likeness (QED) is 0.921. The van der Waals surface area contributed by atoms with Crippen LogP contribution in [0.3, 0.4) is 0 Å². The average Bonchev–Trinajstić information content (AvgIpc) is 2.35. The predicted octanol–water partition coefficient (Wildman–Crippen LogP) is 2.85. The van der Waals surface area contributed by atoms with E-state index in [-0.39, 0.29) is 11.9 Å². The van der Waals surface area contributed by atoms with E-state index in [1.165, 1.54) is 0 Å². The normalized spacial score (nSPS) is 12.5. The molecule has 2 aromatic rings. The highest BCUT2D eigenvalue weighted by Crippen LogP contribution is 2.26. The van der Waals surface area contributed by atoms with Gasteiger partial charge in [0.05, 0.1) is 6.04 Å². The molecule has 0 saturated carbocycles. The SMILES string of the molecule is CNC(c1ncc(C)cn1)c1c(C)cc(C)cc1F. The number of aromatic nitrogens is 2. The van der Waals surface area contributed by atoms with Gasteiger partial charge in [0.15, 0.2) is 0 Å². The smallest absolute Gasteiger partial charge is 0.149 e. The lowest BCUT2D eigenvalue weighted by Gasteiger charge is -2.19. The summed E-state index contributed by atoms with van der Waals surface area (Å²) in [5.74, 6) is 0.361. The van der Waals surface area contributed by atoms with Crippen LogP contribution in [-0.2, 0) is 0 Å². The van der Waals surface area contributed by atoms with Crippen LogP contribution in [0.2, 0.25) is 0 Å². The van der Waals surface area contributed by atoms with Crippen molar-refractivity contribution in [3.63, 3.8) is 0 Å². The van der Waals surface area contributed by atoms with Gasteiger partial charge in [0.25, 0.3) is 0 Å². The van der Waals surface area contributed by atoms with E-state index in [1.807, 2.05) is 26.8 Å². The van der Waals surface area contributed by atoms with Crippen LogP contribution < -0.4 is 5.32 Å². The fraction of sp³-hybridized carbons (Fsp3) is 0.333. The van der Waals surface area contributed by atoms with Gasteiger partial charge in [-0.3, -0.25) is 0 Å². The van der Waals surface area contributed by atoms with Gasteiger partial charge in [-0.25, -0.2) is 14.4 Å². The molecule has 2 rings (SSSR count). The van der Waals surface area contributed by atoms with Crippen LogP contribution in [0.25, 0.3) is 0 Å². The minimum atomic E-state index is -0.332. The molecule has 19 heavy (non-hydrogen) atoms. The number of nitrogens with zero attached hydrogens (tertiary/aromatic N) is 2. The molecule has 3 nitrogen and oxygen atoms in total. The molecule has 0 aliphatic rings. The van der Waals surface area contributed by atoms with E-state index in [4.69, 9.17) is 0 Å². The van der Waals surface area contributed by atoms with Crippen LogP contribution >= 0.6 is 0 Å². The molecule has 1 unspecified atom stereocenters. The molecule has 0 aliphatic heterocycles. The third kappa shape index (κ3) is 2.79. The van der Waals surface area contributed by atoms with Crippen LogP contribution in [0.4, 0.5) is 4.39 Å². The van der Waals surface area contributed by atoms with E-state index in [9.17, 15) is 4.39 Å². The summed E-state index contributed by atoms with van der Waals surface area (Å²) in [5, 5.41) is 3.09. The van der Waals surface area contributed by atoms with Gasteiger partial charge in [-0.05, 0) is 50.6 Å². The number of hydrogen-bond acceptors (Lipinski definition) is 3. The van der Waals surface area contributed by atoms with Gasteiger partial charge in [-0.15, -0.1) is 0 Å². The molecule has 100 valence electrons. The third-order valence-electron chi connectivity index (χ3n) is 3.12. The molecule has 0 bridgehead atoms. The van der Waals surface area contributed by atoms with Crippen molar-refractivity contribution >= 4 is 0 Å². The Hall–Kier alpha value is -1.81. The van der Waals surface area contributed by atoms with Crippen molar-refractivity contribution in [3.8, 4) is 0 Å². The second kappa shape index (κ2) is 5.45. The topological polar surface area (TPSA) is 37.8 Å². The van der Waals surface area contributed by atoms with Gasteiger partial charge in [0.1, 0.15) is 11.6 Å². The summed E-state index contributed by atoms with van der Waals surface area (Å²) in [5.41, 5.74) is 3.41. The number of nitrogens with one attached hydrogen (secondary N) is 1. The second-order valence-electron chi connectivity index (χ2n) is 4.82. The number of rotatable bonds is 3. The van der Waals surface area contributed by atoms with Crippen molar-refractivity contribution in [2.45, 2.75) is 26.8 Å². The van der Waals surface area contributed by atoms with Gasteiger partial charge in [0.2, 0.25) is 0 Å². The zero-order valence-electron chi connectivity index (χ0n) is 11.7. The summed E-state index contributed by atoms with van der Waals surface area (Å²) < 4.78 is 14.2. The van der Waals surface area contributed by atoms with Crippen molar-refractivity contribution in [2.75, 3.05) is 7.05 Å². The Kier molecular flexibility index (Phi) is 3.90. The first-order chi connectivity index (χ1) is 9.02. The minimum absolute atomic E-state index is 0.221. The number of aryl methyl sites for hydroxylation is 3. The summed E-state index contributed by atoms with van der Waals surface area (Å²) in [6.45, 7) is 5.72. The summed E-state index contributed by atoms with van der Waals surface area (Å²) in [4.78, 5) is 8.58. The highest BCUT2D eigenvalue weighted by Gasteiger charge is 2.21. The van der Waals surface area contributed by atoms with Crippen molar-refractivity contribution in [1.29, 1.82) is 0 Å². The van der Waals surface area contributed by atoms with Crippen molar-refractivity contribution in [1.82, 2.24) is 15.3 Å². The van der Waals surface area contributed by atoms with E-state index < -0.39 is 0 Å². The van der Waals surface area contributed by atoms with E-state index in [2.05, 4.69) is 15.3 Å². The fourth-order valence-electron chi connectivity index (χ4n) is 2.25. The Bertz CT molecular complexity index is 555. The van der Waals surface area contributed by atoms with Crippen molar-refractivity contribution in [3.05, 3.63) is 58.4 Å². The zero-order valence-corrected chi connectivity index (χ0v) is 11.7. The van der Waals surface area contributed by atoms with Gasteiger partial charge in [-0.1, -0.05) is 6.07 Å². The minimum Gasteiger partial charge on any atom is -0.307 e. The van der Waals surface area contributed by atoms with E-state index in [0.29, 0.717) is 11.4 Å². The molecular weight excluding hydrogens is 241 g/mol. The zero-order chi connectivity index (χ0) is 14.0. The second-order valence-corrected chi connectivity index (χ2v) is 4.82. The van der Waals surface area contributed by atoms with Crippen molar-refractivity contribution < 1.29 is 4.39 Å². The molecule has 0 aliphatic carbocycles. The Balaban J connectivity index is 2.51. The maximum atomic E-state index is 14.2. The molecule has 0 radical (unpaired) electrons. The van der Waals surface area contributed by atoms with E-state index in [1.54, 1.807) is 25.5 Å². The average molecular weight is 259 g/mol. The monoisotopic (exact) mass is 259 g/mol. The molecular formula is C15H18FN3. The predicted molar refractivity (Wildman–Crippen MR) is 73.5 cm³/mol. The van der Waals surface area contributed by atoms with Crippen LogP contribution in [0.1, 0.15) is 34.1 Å². The number of hydrogen-bond donors (Lipinski definition) is 1. The van der Waals surface area contributed by atoms with E-state index in [0.717, 1.165) is 16.7 Å². The molecule has 4 heteroatoms. The molecule has 1 heterocycles. The first kappa shape index (κ1) is 13.6. The maximum Gasteiger partial charge on any atom is 0.149 e. The molecule has 0 saturated heterocycles. The standard InChI is InChI=1S/C15H18FN3/c1-9-5-11(3)13(12(16)6-9)14(17-4)15-18-7-10(2)8-19-15/h5-8,14,17H,1-4H3. The molecule has 1 aromatic heterocycles. The largest absolute Gasteiger partial charge is 0.307 e. The Morgan fingerprint density at radius 2 is 1.68 bits per heavy atom. The Morgan fingerprint density at radius 1 is 1.05 bits per heavy atom. The number of benzene rings is 1. The first-order valence-electron chi connectivity index (χ1n) is 6.25. The molecule has 1 atom stereocenters. The Labute approximate surface area is 112 Å². The van der Waals surface area contributed by atoms with Crippen LogP contribution in [0.5, 0.6) is 0 Å². The molecule has 1 aromatic carbocycles.